The monoisotopic (exact) mass is 318 g/mol. The summed E-state index contributed by atoms with van der Waals surface area (Å²) in [6, 6.07) is -0.197. The molecule has 7 nitrogen and oxygen atoms in total. The lowest BCUT2D eigenvalue weighted by Gasteiger charge is -2.26. The van der Waals surface area contributed by atoms with Gasteiger partial charge in [-0.15, -0.1) is 0 Å². The number of carboxylic acid groups (broad SMARTS) is 1. The summed E-state index contributed by atoms with van der Waals surface area (Å²) in [6.45, 7) is -0.130. The van der Waals surface area contributed by atoms with Gasteiger partial charge in [-0.25, -0.2) is 8.42 Å². The summed E-state index contributed by atoms with van der Waals surface area (Å²) in [5.41, 5.74) is 0. The number of nitrogens with one attached hydrogen (secondary N) is 1. The van der Waals surface area contributed by atoms with Gasteiger partial charge in [0.1, 0.15) is 0 Å². The van der Waals surface area contributed by atoms with Crippen LogP contribution in [-0.4, -0.2) is 67.0 Å². The van der Waals surface area contributed by atoms with Gasteiger partial charge in [0.2, 0.25) is 5.91 Å². The van der Waals surface area contributed by atoms with Crippen molar-refractivity contribution in [2.24, 2.45) is 0 Å². The SMILES string of the molecule is O=C(O)CN(CC(=O)NC1CCS(=O)(=O)C1)C1CCCC1. The van der Waals surface area contributed by atoms with E-state index in [0.29, 0.717) is 6.42 Å². The fourth-order valence-electron chi connectivity index (χ4n) is 3.12. The Morgan fingerprint density at radius 1 is 1.14 bits per heavy atom. The van der Waals surface area contributed by atoms with Crippen molar-refractivity contribution >= 4 is 21.7 Å². The van der Waals surface area contributed by atoms with Crippen LogP contribution in [0.25, 0.3) is 0 Å². The van der Waals surface area contributed by atoms with Crippen LogP contribution in [0.1, 0.15) is 32.1 Å². The molecule has 1 aliphatic heterocycles. The highest BCUT2D eigenvalue weighted by Gasteiger charge is 2.31. The molecule has 0 spiro atoms. The zero-order chi connectivity index (χ0) is 15.5. The second kappa shape index (κ2) is 6.74. The second-order valence-electron chi connectivity index (χ2n) is 5.90. The number of rotatable bonds is 6. The average molecular weight is 318 g/mol. The minimum atomic E-state index is -3.03. The highest BCUT2D eigenvalue weighted by Crippen LogP contribution is 2.23. The van der Waals surface area contributed by atoms with Crippen LogP contribution in [0, 0.1) is 0 Å². The van der Waals surface area contributed by atoms with Crippen LogP contribution in [-0.2, 0) is 19.4 Å². The quantitative estimate of drug-likeness (QED) is 0.692. The van der Waals surface area contributed by atoms with Crippen molar-refractivity contribution in [2.75, 3.05) is 24.6 Å². The molecule has 0 radical (unpaired) electrons. The van der Waals surface area contributed by atoms with Gasteiger partial charge < -0.3 is 10.4 Å². The molecule has 1 aliphatic carbocycles. The van der Waals surface area contributed by atoms with Gasteiger partial charge in [-0.05, 0) is 19.3 Å². The molecule has 120 valence electrons. The molecule has 21 heavy (non-hydrogen) atoms. The summed E-state index contributed by atoms with van der Waals surface area (Å²) in [7, 11) is -3.03. The molecule has 1 saturated carbocycles. The van der Waals surface area contributed by atoms with Gasteiger partial charge in [0, 0.05) is 12.1 Å². The summed E-state index contributed by atoms with van der Waals surface area (Å²) in [5.74, 6) is -1.14. The van der Waals surface area contributed by atoms with Gasteiger partial charge in [-0.1, -0.05) is 12.8 Å². The number of amides is 1. The van der Waals surface area contributed by atoms with Crippen molar-refractivity contribution in [1.82, 2.24) is 10.2 Å². The van der Waals surface area contributed by atoms with E-state index < -0.39 is 15.8 Å². The minimum Gasteiger partial charge on any atom is -0.480 e. The molecule has 2 N–H and O–H groups in total. The molecule has 1 saturated heterocycles. The van der Waals surface area contributed by atoms with Crippen LogP contribution in [0.3, 0.4) is 0 Å². The largest absolute Gasteiger partial charge is 0.480 e. The number of carbonyl (C=O) groups is 2. The van der Waals surface area contributed by atoms with E-state index in [1.54, 1.807) is 4.90 Å². The molecule has 1 heterocycles. The second-order valence-corrected chi connectivity index (χ2v) is 8.13. The minimum absolute atomic E-state index is 0.0128. The van der Waals surface area contributed by atoms with Gasteiger partial charge in [-0.2, -0.15) is 0 Å². The molecule has 2 fully saturated rings. The summed E-state index contributed by atoms with van der Waals surface area (Å²) >= 11 is 0. The van der Waals surface area contributed by atoms with E-state index in [2.05, 4.69) is 5.32 Å². The maximum absolute atomic E-state index is 12.0. The van der Waals surface area contributed by atoms with Gasteiger partial charge in [0.15, 0.2) is 9.84 Å². The predicted molar refractivity (Wildman–Crippen MR) is 76.7 cm³/mol. The van der Waals surface area contributed by atoms with E-state index >= 15 is 0 Å². The summed E-state index contributed by atoms with van der Waals surface area (Å²) < 4.78 is 22.7. The van der Waals surface area contributed by atoms with Gasteiger partial charge >= 0.3 is 5.97 Å². The smallest absolute Gasteiger partial charge is 0.317 e. The number of carbonyl (C=O) groups excluding carboxylic acids is 1. The van der Waals surface area contributed by atoms with Gasteiger partial charge in [0.25, 0.3) is 0 Å². The van der Waals surface area contributed by atoms with Crippen LogP contribution in [0.15, 0.2) is 0 Å². The molecule has 1 unspecified atom stereocenters. The van der Waals surface area contributed by atoms with Crippen LogP contribution in [0.4, 0.5) is 0 Å². The van der Waals surface area contributed by atoms with Crippen molar-refractivity contribution in [3.8, 4) is 0 Å². The number of aliphatic carboxylic acids is 1. The van der Waals surface area contributed by atoms with E-state index in [1.165, 1.54) is 0 Å². The molecule has 1 amide bonds. The maximum Gasteiger partial charge on any atom is 0.317 e. The third kappa shape index (κ3) is 4.96. The molecule has 2 aliphatic rings. The van der Waals surface area contributed by atoms with Gasteiger partial charge in [-0.3, -0.25) is 14.5 Å². The highest BCUT2D eigenvalue weighted by molar-refractivity contribution is 7.91. The van der Waals surface area contributed by atoms with Crippen LogP contribution >= 0.6 is 0 Å². The zero-order valence-corrected chi connectivity index (χ0v) is 12.8. The van der Waals surface area contributed by atoms with Crippen molar-refractivity contribution in [2.45, 2.75) is 44.2 Å². The van der Waals surface area contributed by atoms with E-state index in [4.69, 9.17) is 5.11 Å². The van der Waals surface area contributed by atoms with Crippen molar-refractivity contribution in [1.29, 1.82) is 0 Å². The normalized spacial score (nSPS) is 25.3. The summed E-state index contributed by atoms with van der Waals surface area (Å²) in [4.78, 5) is 24.6. The molecule has 0 aromatic heterocycles. The molecular weight excluding hydrogens is 296 g/mol. The average Bonchev–Trinajstić information content (AvgIpc) is 2.97. The first-order valence-corrected chi connectivity index (χ1v) is 9.13. The number of nitrogens with zero attached hydrogens (tertiary/aromatic N) is 1. The number of hydrogen-bond donors (Lipinski definition) is 2. The Balaban J connectivity index is 1.87. The Hall–Kier alpha value is -1.15. The van der Waals surface area contributed by atoms with E-state index in [-0.39, 0.29) is 42.6 Å². The lowest BCUT2D eigenvalue weighted by atomic mass is 10.2. The Morgan fingerprint density at radius 3 is 2.33 bits per heavy atom. The molecule has 0 aromatic carbocycles. The first-order chi connectivity index (χ1) is 9.85. The van der Waals surface area contributed by atoms with Crippen LogP contribution in [0.2, 0.25) is 0 Å². The molecule has 8 heteroatoms. The maximum atomic E-state index is 12.0. The Bertz CT molecular complexity index is 499. The van der Waals surface area contributed by atoms with Crippen molar-refractivity contribution in [3.63, 3.8) is 0 Å². The van der Waals surface area contributed by atoms with E-state index in [9.17, 15) is 18.0 Å². The molecule has 1 atom stereocenters. The van der Waals surface area contributed by atoms with Gasteiger partial charge in [0.05, 0.1) is 24.6 Å². The van der Waals surface area contributed by atoms with Crippen molar-refractivity contribution in [3.05, 3.63) is 0 Å². The van der Waals surface area contributed by atoms with E-state index in [0.717, 1.165) is 25.7 Å². The first-order valence-electron chi connectivity index (χ1n) is 7.31. The zero-order valence-electron chi connectivity index (χ0n) is 12.0. The number of carboxylic acids is 1. The third-order valence-corrected chi connectivity index (χ3v) is 5.89. The van der Waals surface area contributed by atoms with Crippen LogP contribution < -0.4 is 5.32 Å². The fourth-order valence-corrected chi connectivity index (χ4v) is 4.80. The number of sulfone groups is 1. The Labute approximate surface area is 124 Å². The van der Waals surface area contributed by atoms with E-state index in [1.807, 2.05) is 0 Å². The highest BCUT2D eigenvalue weighted by atomic mass is 32.2. The standard InChI is InChI=1S/C13H22N2O5S/c16-12(14-10-5-6-21(19,20)9-10)7-15(8-13(17)18)11-3-1-2-4-11/h10-11H,1-9H2,(H,14,16)(H,17,18). The third-order valence-electron chi connectivity index (χ3n) is 4.12. The molecule has 2 rings (SSSR count). The first kappa shape index (κ1) is 16.2. The lowest BCUT2D eigenvalue weighted by Crippen LogP contribution is -2.47. The number of hydrogen-bond acceptors (Lipinski definition) is 5. The predicted octanol–water partition coefficient (Wildman–Crippen LogP) is -0.381. The molecule has 0 aromatic rings. The molecular formula is C13H22N2O5S. The van der Waals surface area contributed by atoms with Crippen molar-refractivity contribution < 1.29 is 23.1 Å². The Morgan fingerprint density at radius 2 is 1.81 bits per heavy atom. The lowest BCUT2D eigenvalue weighted by molar-refractivity contribution is -0.139. The molecule has 0 bridgehead atoms. The fraction of sp³-hybridized carbons (Fsp3) is 0.846. The summed E-state index contributed by atoms with van der Waals surface area (Å²) in [6.07, 6.45) is 4.39. The topological polar surface area (TPSA) is 104 Å². The summed E-state index contributed by atoms with van der Waals surface area (Å²) in [5, 5.41) is 11.7. The Kier molecular flexibility index (Phi) is 5.21. The van der Waals surface area contributed by atoms with Crippen LogP contribution in [0.5, 0.6) is 0 Å².